The Morgan fingerprint density at radius 1 is 1.38 bits per heavy atom. The Morgan fingerprint density at radius 2 is 2.10 bits per heavy atom. The first-order valence-corrected chi connectivity index (χ1v) is 7.00. The van der Waals surface area contributed by atoms with Crippen LogP contribution in [0.2, 0.25) is 0 Å². The summed E-state index contributed by atoms with van der Waals surface area (Å²) in [4.78, 5) is 12.1. The highest BCUT2D eigenvalue weighted by Gasteiger charge is 2.20. The van der Waals surface area contributed by atoms with E-state index in [1.165, 1.54) is 4.80 Å². The fraction of sp³-hybridized carbons (Fsp3) is 0.333. The second-order valence-corrected chi connectivity index (χ2v) is 5.22. The molecule has 0 unspecified atom stereocenters. The molecule has 0 radical (unpaired) electrons. The molecule has 0 aliphatic rings. The summed E-state index contributed by atoms with van der Waals surface area (Å²) in [7, 11) is 0. The van der Waals surface area contributed by atoms with E-state index in [2.05, 4.69) is 36.7 Å². The van der Waals surface area contributed by atoms with Gasteiger partial charge in [0.2, 0.25) is 0 Å². The molecule has 1 amide bonds. The van der Waals surface area contributed by atoms with Gasteiger partial charge in [0.05, 0.1) is 13.2 Å². The van der Waals surface area contributed by atoms with Crippen molar-refractivity contribution in [3.05, 3.63) is 40.1 Å². The van der Waals surface area contributed by atoms with E-state index in [0.29, 0.717) is 6.42 Å². The molecule has 1 aromatic heterocycles. The van der Waals surface area contributed by atoms with E-state index < -0.39 is 12.1 Å². The van der Waals surface area contributed by atoms with Crippen LogP contribution in [-0.2, 0) is 13.0 Å². The average Bonchev–Trinajstić information content (AvgIpc) is 2.89. The quantitative estimate of drug-likeness (QED) is 0.711. The Kier molecular flexibility index (Phi) is 5.23. The van der Waals surface area contributed by atoms with Gasteiger partial charge in [0.1, 0.15) is 6.04 Å². The lowest BCUT2D eigenvalue weighted by Gasteiger charge is -2.13. The van der Waals surface area contributed by atoms with Gasteiger partial charge in [-0.2, -0.15) is 4.80 Å². The van der Waals surface area contributed by atoms with Crippen molar-refractivity contribution in [2.75, 3.05) is 6.61 Å². The zero-order valence-electron chi connectivity index (χ0n) is 11.0. The molecule has 1 atom stereocenters. The SMILES string of the molecule is O=C(O)N[C@@H](Cc1ccc(Br)cc1)c1nnn(CCO)n1. The van der Waals surface area contributed by atoms with E-state index in [1.54, 1.807) is 0 Å². The molecule has 3 N–H and O–H groups in total. The summed E-state index contributed by atoms with van der Waals surface area (Å²) < 4.78 is 0.945. The molecule has 0 saturated carbocycles. The number of carbonyl (C=O) groups is 1. The molecule has 0 aliphatic carbocycles. The molecule has 2 rings (SSSR count). The van der Waals surface area contributed by atoms with Crippen LogP contribution in [0.3, 0.4) is 0 Å². The predicted octanol–water partition coefficient (Wildman–Crippen LogP) is 0.979. The van der Waals surface area contributed by atoms with E-state index in [9.17, 15) is 4.79 Å². The van der Waals surface area contributed by atoms with Crippen LogP contribution >= 0.6 is 15.9 Å². The molecule has 112 valence electrons. The van der Waals surface area contributed by atoms with Crippen LogP contribution in [0, 0.1) is 0 Å². The number of aliphatic hydroxyl groups is 1. The summed E-state index contributed by atoms with van der Waals surface area (Å²) in [5.74, 6) is 0.272. The number of halogens is 1. The Morgan fingerprint density at radius 3 is 2.71 bits per heavy atom. The van der Waals surface area contributed by atoms with Gasteiger partial charge in [-0.05, 0) is 22.9 Å². The topological polar surface area (TPSA) is 113 Å². The van der Waals surface area contributed by atoms with Gasteiger partial charge in [0, 0.05) is 10.9 Å². The van der Waals surface area contributed by atoms with E-state index >= 15 is 0 Å². The summed E-state index contributed by atoms with van der Waals surface area (Å²) in [5.41, 5.74) is 0.940. The molecule has 9 heteroatoms. The third-order valence-electron chi connectivity index (χ3n) is 2.73. The van der Waals surface area contributed by atoms with Gasteiger partial charge in [-0.3, -0.25) is 0 Å². The number of carboxylic acid groups (broad SMARTS) is 1. The minimum Gasteiger partial charge on any atom is -0.465 e. The average molecular weight is 356 g/mol. The fourth-order valence-corrected chi connectivity index (χ4v) is 2.06. The van der Waals surface area contributed by atoms with Crippen molar-refractivity contribution in [2.24, 2.45) is 0 Å². The number of benzene rings is 1. The Hall–Kier alpha value is -2.00. The molecule has 0 saturated heterocycles. The van der Waals surface area contributed by atoms with Crippen LogP contribution < -0.4 is 5.32 Å². The number of rotatable bonds is 6. The maximum atomic E-state index is 10.9. The summed E-state index contributed by atoms with van der Waals surface area (Å²) in [6, 6.07) is 6.93. The van der Waals surface area contributed by atoms with Crippen LogP contribution in [0.15, 0.2) is 28.7 Å². The summed E-state index contributed by atoms with van der Waals surface area (Å²) in [6.45, 7) is 0.102. The van der Waals surface area contributed by atoms with Gasteiger partial charge in [-0.1, -0.05) is 28.1 Å². The Balaban J connectivity index is 2.16. The zero-order valence-corrected chi connectivity index (χ0v) is 12.6. The van der Waals surface area contributed by atoms with Crippen molar-refractivity contribution < 1.29 is 15.0 Å². The second kappa shape index (κ2) is 7.14. The number of amides is 1. The minimum absolute atomic E-state index is 0.112. The molecular formula is C12H14BrN5O3. The lowest BCUT2D eigenvalue weighted by Crippen LogP contribution is -2.29. The van der Waals surface area contributed by atoms with E-state index in [-0.39, 0.29) is 19.0 Å². The number of tetrazole rings is 1. The molecule has 2 aromatic rings. The maximum Gasteiger partial charge on any atom is 0.405 e. The monoisotopic (exact) mass is 355 g/mol. The summed E-state index contributed by atoms with van der Waals surface area (Å²) in [6.07, 6.45) is -0.750. The summed E-state index contributed by atoms with van der Waals surface area (Å²) >= 11 is 3.35. The molecule has 0 bridgehead atoms. The van der Waals surface area contributed by atoms with Gasteiger partial charge in [-0.15, -0.1) is 10.2 Å². The molecule has 0 fully saturated rings. The highest BCUT2D eigenvalue weighted by molar-refractivity contribution is 9.10. The van der Waals surface area contributed by atoms with Crippen LogP contribution in [0.1, 0.15) is 17.4 Å². The molecular weight excluding hydrogens is 342 g/mol. The third kappa shape index (κ3) is 4.50. The molecule has 0 spiro atoms. The smallest absolute Gasteiger partial charge is 0.405 e. The van der Waals surface area contributed by atoms with Gasteiger partial charge in [0.25, 0.3) is 0 Å². The van der Waals surface area contributed by atoms with Crippen molar-refractivity contribution in [3.63, 3.8) is 0 Å². The zero-order chi connectivity index (χ0) is 15.2. The first-order chi connectivity index (χ1) is 10.1. The minimum atomic E-state index is -1.16. The fourth-order valence-electron chi connectivity index (χ4n) is 1.79. The number of hydrogen-bond donors (Lipinski definition) is 3. The number of aromatic nitrogens is 4. The first kappa shape index (κ1) is 15.4. The van der Waals surface area contributed by atoms with Gasteiger partial charge in [-0.25, -0.2) is 4.79 Å². The molecule has 1 aromatic carbocycles. The summed E-state index contributed by atoms with van der Waals surface area (Å²) in [5, 5.41) is 31.8. The first-order valence-electron chi connectivity index (χ1n) is 6.21. The highest BCUT2D eigenvalue weighted by atomic mass is 79.9. The molecule has 8 nitrogen and oxygen atoms in total. The normalized spacial score (nSPS) is 12.1. The van der Waals surface area contributed by atoms with E-state index in [0.717, 1.165) is 10.0 Å². The van der Waals surface area contributed by atoms with Crippen LogP contribution in [-0.4, -0.2) is 43.1 Å². The van der Waals surface area contributed by atoms with Crippen LogP contribution in [0.4, 0.5) is 4.79 Å². The van der Waals surface area contributed by atoms with Crippen molar-refractivity contribution in [2.45, 2.75) is 19.0 Å². The lowest BCUT2D eigenvalue weighted by molar-refractivity contribution is 0.189. The number of nitrogens with one attached hydrogen (secondary N) is 1. The Labute approximate surface area is 128 Å². The van der Waals surface area contributed by atoms with Crippen molar-refractivity contribution in [1.82, 2.24) is 25.5 Å². The maximum absolute atomic E-state index is 10.9. The number of aliphatic hydroxyl groups excluding tert-OH is 1. The van der Waals surface area contributed by atoms with E-state index in [4.69, 9.17) is 10.2 Å². The molecule has 21 heavy (non-hydrogen) atoms. The van der Waals surface area contributed by atoms with Crippen molar-refractivity contribution in [1.29, 1.82) is 0 Å². The van der Waals surface area contributed by atoms with Crippen molar-refractivity contribution >= 4 is 22.0 Å². The number of nitrogens with zero attached hydrogens (tertiary/aromatic N) is 4. The van der Waals surface area contributed by atoms with Gasteiger partial charge >= 0.3 is 6.09 Å². The largest absolute Gasteiger partial charge is 0.465 e. The van der Waals surface area contributed by atoms with Crippen molar-refractivity contribution in [3.8, 4) is 0 Å². The van der Waals surface area contributed by atoms with Gasteiger partial charge in [0.15, 0.2) is 5.82 Å². The second-order valence-electron chi connectivity index (χ2n) is 4.30. The molecule has 0 aliphatic heterocycles. The van der Waals surface area contributed by atoms with Crippen LogP contribution in [0.5, 0.6) is 0 Å². The molecule has 1 heterocycles. The van der Waals surface area contributed by atoms with Gasteiger partial charge < -0.3 is 15.5 Å². The Bertz CT molecular complexity index is 601. The highest BCUT2D eigenvalue weighted by Crippen LogP contribution is 2.17. The predicted molar refractivity (Wildman–Crippen MR) is 76.7 cm³/mol. The van der Waals surface area contributed by atoms with Crippen LogP contribution in [0.25, 0.3) is 0 Å². The standard InChI is InChI=1S/C12H14BrN5O3/c13-9-3-1-8(2-4-9)7-10(14-12(20)21)11-15-17-18(16-11)5-6-19/h1-4,10,14,19H,5-7H2,(H,20,21)/t10-/m0/s1. The van der Waals surface area contributed by atoms with E-state index in [1.807, 2.05) is 24.3 Å². The lowest BCUT2D eigenvalue weighted by atomic mass is 10.1. The third-order valence-corrected chi connectivity index (χ3v) is 3.26. The number of hydrogen-bond acceptors (Lipinski definition) is 5.